The third-order valence-electron chi connectivity index (χ3n) is 0.500. The number of hydrogen-bond acceptors (Lipinski definition) is 1. The molecule has 0 rings (SSSR count). The Kier molecular flexibility index (Phi) is 4.41. The van der Waals surface area contributed by atoms with Gasteiger partial charge in [-0.1, -0.05) is 0 Å². The van der Waals surface area contributed by atoms with E-state index in [1.54, 1.807) is 0 Å². The molecule has 0 aliphatic rings. The van der Waals surface area contributed by atoms with Crippen LogP contribution in [0.25, 0.3) is 0 Å². The molecule has 0 saturated carbocycles. The van der Waals surface area contributed by atoms with Gasteiger partial charge < -0.3 is 5.14 Å². The maximum Gasteiger partial charge on any atom is 0.144 e. The maximum absolute atomic E-state index is 3.11. The maximum atomic E-state index is 3.11. The fraction of sp³-hybridized carbons (Fsp3) is 0. The summed E-state index contributed by atoms with van der Waals surface area (Å²) in [7, 11) is 6.39. The standard InChI is InChI=1S/B4H7N/c1-3-5-4-2/h3-5H,1-2H2. The molecule has 0 radical (unpaired) electrons. The van der Waals surface area contributed by atoms with E-state index in [-0.39, 0.29) is 0 Å². The Balaban J connectivity index is 2.19. The third kappa shape index (κ3) is 4.22. The minimum atomic E-state index is 1.09. The van der Waals surface area contributed by atoms with Crippen LogP contribution >= 0.6 is 0 Å². The van der Waals surface area contributed by atoms with Gasteiger partial charge in [-0.2, -0.15) is 0 Å². The first-order valence-electron chi connectivity index (χ1n) is 2.12. The zero-order valence-electron chi connectivity index (χ0n) is 3.91. The van der Waals surface area contributed by atoms with Crippen molar-refractivity contribution in [1.82, 2.24) is 5.14 Å². The van der Waals surface area contributed by atoms with Crippen molar-refractivity contribution in [3.05, 3.63) is 0 Å². The van der Waals surface area contributed by atoms with Gasteiger partial charge in [0.15, 0.2) is 0 Å². The van der Waals surface area contributed by atoms with Crippen LogP contribution in [0.4, 0.5) is 0 Å². The van der Waals surface area contributed by atoms with Crippen LogP contribution in [0.15, 0.2) is 0 Å². The molecule has 0 bridgehead atoms. The zero-order valence-corrected chi connectivity index (χ0v) is 3.91. The Morgan fingerprint density at radius 1 is 1.20 bits per heavy atom. The first-order chi connectivity index (χ1) is 2.41. The third-order valence-corrected chi connectivity index (χ3v) is 0.500. The lowest BCUT2D eigenvalue weighted by atomic mass is 9.56. The summed E-state index contributed by atoms with van der Waals surface area (Å²) < 4.78 is 0. The summed E-state index contributed by atoms with van der Waals surface area (Å²) in [6.07, 6.45) is 0. The highest BCUT2D eigenvalue weighted by atomic mass is 14.6. The molecule has 5 heteroatoms. The van der Waals surface area contributed by atoms with Gasteiger partial charge >= 0.3 is 0 Å². The molecule has 0 aliphatic heterocycles. The van der Waals surface area contributed by atoms with E-state index in [2.05, 4.69) is 20.6 Å². The molecule has 1 N–H and O–H groups in total. The van der Waals surface area contributed by atoms with E-state index in [0.717, 1.165) is 14.6 Å². The second-order valence-corrected chi connectivity index (χ2v) is 0.957. The van der Waals surface area contributed by atoms with E-state index in [1.165, 1.54) is 0 Å². The summed E-state index contributed by atoms with van der Waals surface area (Å²) in [5.41, 5.74) is 0. The van der Waals surface area contributed by atoms with E-state index < -0.39 is 0 Å². The average molecular weight is 64.3 g/mol. The summed E-state index contributed by atoms with van der Waals surface area (Å²) in [5, 5.41) is 3.11. The topological polar surface area (TPSA) is 12.0 Å². The highest BCUT2D eigenvalue weighted by molar-refractivity contribution is 6.99. The minimum absolute atomic E-state index is 1.09. The molecule has 0 spiro atoms. The summed E-state index contributed by atoms with van der Waals surface area (Å²) in [6, 6.07) is 0. The van der Waals surface area contributed by atoms with Gasteiger partial charge in [0, 0.05) is 0 Å². The molecule has 0 aromatic rings. The monoisotopic (exact) mass is 65.1 g/mol. The van der Waals surface area contributed by atoms with Crippen LogP contribution in [0, 0.1) is 0 Å². The van der Waals surface area contributed by atoms with Crippen LogP contribution in [-0.4, -0.2) is 30.1 Å². The van der Waals surface area contributed by atoms with Gasteiger partial charge in [-0.15, -0.1) is 0 Å². The van der Waals surface area contributed by atoms with Crippen LogP contribution in [0.2, 0.25) is 0 Å². The van der Waals surface area contributed by atoms with Gasteiger partial charge in [0.2, 0.25) is 0 Å². The van der Waals surface area contributed by atoms with Crippen molar-refractivity contribution >= 4 is 30.1 Å². The largest absolute Gasteiger partial charge is 0.416 e. The summed E-state index contributed by atoms with van der Waals surface area (Å²) in [6.45, 7) is 0. The van der Waals surface area contributed by atoms with Gasteiger partial charge in [0.25, 0.3) is 0 Å². The summed E-state index contributed by atoms with van der Waals surface area (Å²) in [5.74, 6) is 0. The SMILES string of the molecule is BBNBB. The molecule has 0 amide bonds. The lowest BCUT2D eigenvalue weighted by molar-refractivity contribution is 1.65. The minimum Gasteiger partial charge on any atom is -0.416 e. The molecule has 0 aromatic heterocycles. The fourth-order valence-corrected chi connectivity index (χ4v) is 0.250. The van der Waals surface area contributed by atoms with Crippen molar-refractivity contribution in [1.29, 1.82) is 0 Å². The predicted octanol–water partition coefficient (Wildman–Crippen LogP) is -3.62. The lowest BCUT2D eigenvalue weighted by Gasteiger charge is -1.81. The Morgan fingerprint density at radius 3 is 1.60 bits per heavy atom. The van der Waals surface area contributed by atoms with E-state index in [4.69, 9.17) is 0 Å². The smallest absolute Gasteiger partial charge is 0.144 e. The average Bonchev–Trinajstić information content (AvgIpc) is 1.41. The zero-order chi connectivity index (χ0) is 4.12. The van der Waals surface area contributed by atoms with E-state index in [9.17, 15) is 0 Å². The van der Waals surface area contributed by atoms with Crippen LogP contribution in [0.3, 0.4) is 0 Å². The first kappa shape index (κ1) is 5.22. The molecule has 0 saturated heterocycles. The highest BCUT2D eigenvalue weighted by Gasteiger charge is 1.71. The Labute approximate surface area is 36.2 Å². The number of hydrogen-bond donors (Lipinski definition) is 1. The van der Waals surface area contributed by atoms with Crippen LogP contribution in [0.1, 0.15) is 0 Å². The summed E-state index contributed by atoms with van der Waals surface area (Å²) in [4.78, 5) is 0. The quantitative estimate of drug-likeness (QED) is 0.327. The number of nitrogens with one attached hydrogen (secondary N) is 1. The van der Waals surface area contributed by atoms with Gasteiger partial charge in [0.05, 0.1) is 15.5 Å². The van der Waals surface area contributed by atoms with Crippen LogP contribution in [-0.2, 0) is 0 Å². The number of rotatable bonds is 2. The van der Waals surface area contributed by atoms with E-state index >= 15 is 0 Å². The molecule has 0 heterocycles. The van der Waals surface area contributed by atoms with Gasteiger partial charge in [-0.3, -0.25) is 0 Å². The molecule has 5 heavy (non-hydrogen) atoms. The molecular formula is H7B4N. The fourth-order valence-electron chi connectivity index (χ4n) is 0.250. The predicted molar refractivity (Wildman–Crippen MR) is 34.5 cm³/mol. The Bertz CT molecular complexity index is 11.1. The van der Waals surface area contributed by atoms with Crippen molar-refractivity contribution in [3.8, 4) is 0 Å². The second-order valence-electron chi connectivity index (χ2n) is 0.957. The van der Waals surface area contributed by atoms with Gasteiger partial charge in [-0.25, -0.2) is 0 Å². The molecule has 24 valence electrons. The molecule has 1 nitrogen and oxygen atoms in total. The molecular weight excluding hydrogens is 57.3 g/mol. The second kappa shape index (κ2) is 4.22. The van der Waals surface area contributed by atoms with E-state index in [1.807, 2.05) is 0 Å². The van der Waals surface area contributed by atoms with Crippen molar-refractivity contribution < 1.29 is 0 Å². The summed E-state index contributed by atoms with van der Waals surface area (Å²) >= 11 is 0. The van der Waals surface area contributed by atoms with Gasteiger partial charge in [0.1, 0.15) is 14.6 Å². The molecule has 0 aromatic carbocycles. The first-order valence-corrected chi connectivity index (χ1v) is 2.12. The van der Waals surface area contributed by atoms with Crippen molar-refractivity contribution in [2.24, 2.45) is 0 Å². The van der Waals surface area contributed by atoms with Crippen LogP contribution in [0.5, 0.6) is 0 Å². The van der Waals surface area contributed by atoms with Crippen molar-refractivity contribution in [3.63, 3.8) is 0 Å². The highest BCUT2D eigenvalue weighted by Crippen LogP contribution is 1.25. The molecule has 0 unspecified atom stereocenters. The van der Waals surface area contributed by atoms with Gasteiger partial charge in [-0.05, 0) is 0 Å². The molecule has 0 aliphatic carbocycles. The molecule has 0 atom stereocenters. The Hall–Kier alpha value is 0.220. The lowest BCUT2D eigenvalue weighted by Crippen LogP contribution is -2.23. The van der Waals surface area contributed by atoms with Crippen molar-refractivity contribution in [2.75, 3.05) is 0 Å². The van der Waals surface area contributed by atoms with Crippen molar-refractivity contribution in [2.45, 2.75) is 0 Å². The normalized spacial score (nSPS) is 6.40. The van der Waals surface area contributed by atoms with E-state index in [0.29, 0.717) is 0 Å². The molecule has 0 fully saturated rings. The van der Waals surface area contributed by atoms with Crippen LogP contribution < -0.4 is 5.14 Å². The Morgan fingerprint density at radius 2 is 1.60 bits per heavy atom.